The summed E-state index contributed by atoms with van der Waals surface area (Å²) >= 11 is 6.13. The molecule has 78 valence electrons. The van der Waals surface area contributed by atoms with Gasteiger partial charge in [0.15, 0.2) is 0 Å². The van der Waals surface area contributed by atoms with Crippen molar-refractivity contribution >= 4 is 11.6 Å². The number of rotatable bonds is 4. The molecule has 1 atom stereocenters. The summed E-state index contributed by atoms with van der Waals surface area (Å²) in [6.07, 6.45) is 2.13. The van der Waals surface area contributed by atoms with Gasteiger partial charge < -0.3 is 5.11 Å². The first kappa shape index (κ1) is 11.5. The summed E-state index contributed by atoms with van der Waals surface area (Å²) in [6, 6.07) is 6.08. The van der Waals surface area contributed by atoms with E-state index in [0.717, 1.165) is 23.4 Å². The lowest BCUT2D eigenvalue weighted by Crippen LogP contribution is -1.99. The van der Waals surface area contributed by atoms with Crippen LogP contribution < -0.4 is 0 Å². The number of halogens is 1. The lowest BCUT2D eigenvalue weighted by Gasteiger charge is -2.10. The van der Waals surface area contributed by atoms with Crippen LogP contribution in [0.25, 0.3) is 0 Å². The minimum absolute atomic E-state index is 0.170. The second kappa shape index (κ2) is 5.38. The van der Waals surface area contributed by atoms with Gasteiger partial charge in [0.1, 0.15) is 0 Å². The van der Waals surface area contributed by atoms with Crippen LogP contribution >= 0.6 is 11.6 Å². The van der Waals surface area contributed by atoms with Crippen molar-refractivity contribution in [2.45, 2.75) is 32.6 Å². The molecule has 1 nitrogen and oxygen atoms in total. The fraction of sp³-hybridized carbons (Fsp3) is 0.500. The zero-order valence-electron chi connectivity index (χ0n) is 8.76. The number of hydrogen-bond donors (Lipinski definition) is 1. The highest BCUT2D eigenvalue weighted by molar-refractivity contribution is 6.31. The minimum Gasteiger partial charge on any atom is -0.396 e. The van der Waals surface area contributed by atoms with Crippen LogP contribution in [-0.2, 0) is 6.42 Å². The SMILES string of the molecule is CCCc1ccc(C(C)CO)cc1Cl. The number of aliphatic hydroxyl groups excluding tert-OH is 1. The number of benzene rings is 1. The summed E-state index contributed by atoms with van der Waals surface area (Å²) in [5, 5.41) is 9.83. The Kier molecular flexibility index (Phi) is 4.43. The van der Waals surface area contributed by atoms with E-state index < -0.39 is 0 Å². The predicted octanol–water partition coefficient (Wildman–Crippen LogP) is 3.39. The summed E-state index contributed by atoms with van der Waals surface area (Å²) in [5.74, 6) is 0.170. The fourth-order valence-corrected chi connectivity index (χ4v) is 1.73. The van der Waals surface area contributed by atoms with Gasteiger partial charge in [-0.1, -0.05) is 44.0 Å². The molecule has 0 aliphatic rings. The molecule has 1 aromatic rings. The molecule has 0 radical (unpaired) electrons. The molecule has 0 fully saturated rings. The first-order chi connectivity index (χ1) is 6.69. The molecule has 0 aliphatic heterocycles. The molecule has 0 aromatic heterocycles. The van der Waals surface area contributed by atoms with Gasteiger partial charge in [-0.15, -0.1) is 0 Å². The van der Waals surface area contributed by atoms with Crippen LogP contribution in [0.5, 0.6) is 0 Å². The molecule has 1 unspecified atom stereocenters. The van der Waals surface area contributed by atoms with E-state index in [2.05, 4.69) is 19.1 Å². The van der Waals surface area contributed by atoms with Gasteiger partial charge in [-0.05, 0) is 23.6 Å². The van der Waals surface area contributed by atoms with Gasteiger partial charge in [0.05, 0.1) is 0 Å². The third kappa shape index (κ3) is 2.73. The van der Waals surface area contributed by atoms with E-state index in [4.69, 9.17) is 16.7 Å². The lowest BCUT2D eigenvalue weighted by molar-refractivity contribution is 0.273. The van der Waals surface area contributed by atoms with Crippen LogP contribution in [0.2, 0.25) is 5.02 Å². The molecule has 0 bridgehead atoms. The van der Waals surface area contributed by atoms with Crippen molar-refractivity contribution < 1.29 is 5.11 Å². The normalized spacial score (nSPS) is 12.9. The minimum atomic E-state index is 0.170. The highest BCUT2D eigenvalue weighted by atomic mass is 35.5. The average molecular weight is 213 g/mol. The molecule has 2 heteroatoms. The molecule has 1 rings (SSSR count). The second-order valence-corrected chi connectivity index (χ2v) is 4.09. The van der Waals surface area contributed by atoms with Gasteiger partial charge >= 0.3 is 0 Å². The smallest absolute Gasteiger partial charge is 0.0497 e. The maximum absolute atomic E-state index is 9.01. The molecule has 0 spiro atoms. The van der Waals surface area contributed by atoms with Crippen LogP contribution in [0.1, 0.15) is 37.3 Å². The third-order valence-electron chi connectivity index (χ3n) is 2.44. The summed E-state index contributed by atoms with van der Waals surface area (Å²) in [6.45, 7) is 4.30. The van der Waals surface area contributed by atoms with Crippen molar-refractivity contribution in [3.63, 3.8) is 0 Å². The Morgan fingerprint density at radius 2 is 2.14 bits per heavy atom. The average Bonchev–Trinajstić information content (AvgIpc) is 2.20. The molecular formula is C12H17ClO. The Morgan fingerprint density at radius 1 is 1.43 bits per heavy atom. The van der Waals surface area contributed by atoms with E-state index >= 15 is 0 Å². The highest BCUT2D eigenvalue weighted by Crippen LogP contribution is 2.23. The van der Waals surface area contributed by atoms with Crippen LogP contribution in [0.4, 0.5) is 0 Å². The van der Waals surface area contributed by atoms with Crippen LogP contribution in [-0.4, -0.2) is 11.7 Å². The van der Waals surface area contributed by atoms with Gasteiger partial charge in [0, 0.05) is 17.5 Å². The summed E-state index contributed by atoms with van der Waals surface area (Å²) in [7, 11) is 0. The Morgan fingerprint density at radius 3 is 2.64 bits per heavy atom. The standard InChI is InChI=1S/C12H17ClO/c1-3-4-10-5-6-11(7-12(10)13)9(2)8-14/h5-7,9,14H,3-4,8H2,1-2H3. The zero-order chi connectivity index (χ0) is 10.6. The van der Waals surface area contributed by atoms with Gasteiger partial charge in [-0.2, -0.15) is 0 Å². The molecule has 0 saturated carbocycles. The van der Waals surface area contributed by atoms with E-state index in [9.17, 15) is 0 Å². The Hall–Kier alpha value is -0.530. The van der Waals surface area contributed by atoms with Gasteiger partial charge in [-0.3, -0.25) is 0 Å². The molecule has 14 heavy (non-hydrogen) atoms. The van der Waals surface area contributed by atoms with Gasteiger partial charge in [-0.25, -0.2) is 0 Å². The Labute approximate surface area is 90.7 Å². The van der Waals surface area contributed by atoms with E-state index in [1.807, 2.05) is 13.0 Å². The molecule has 0 amide bonds. The monoisotopic (exact) mass is 212 g/mol. The topological polar surface area (TPSA) is 20.2 Å². The number of aliphatic hydroxyl groups is 1. The van der Waals surface area contributed by atoms with Gasteiger partial charge in [0.25, 0.3) is 0 Å². The van der Waals surface area contributed by atoms with E-state index in [0.29, 0.717) is 0 Å². The molecular weight excluding hydrogens is 196 g/mol. The summed E-state index contributed by atoms with van der Waals surface area (Å²) in [5.41, 5.74) is 2.31. The van der Waals surface area contributed by atoms with E-state index in [1.54, 1.807) is 0 Å². The largest absolute Gasteiger partial charge is 0.396 e. The van der Waals surface area contributed by atoms with Crippen molar-refractivity contribution in [1.29, 1.82) is 0 Å². The second-order valence-electron chi connectivity index (χ2n) is 3.68. The molecule has 1 N–H and O–H groups in total. The Balaban J connectivity index is 2.88. The summed E-state index contributed by atoms with van der Waals surface area (Å²) < 4.78 is 0. The lowest BCUT2D eigenvalue weighted by atomic mass is 9.99. The van der Waals surface area contributed by atoms with Crippen molar-refractivity contribution in [3.8, 4) is 0 Å². The van der Waals surface area contributed by atoms with Crippen LogP contribution in [0.15, 0.2) is 18.2 Å². The van der Waals surface area contributed by atoms with Crippen molar-refractivity contribution in [2.75, 3.05) is 6.61 Å². The molecule has 0 heterocycles. The first-order valence-corrected chi connectivity index (χ1v) is 5.46. The summed E-state index contributed by atoms with van der Waals surface area (Å²) in [4.78, 5) is 0. The van der Waals surface area contributed by atoms with Crippen molar-refractivity contribution in [3.05, 3.63) is 34.3 Å². The van der Waals surface area contributed by atoms with Crippen molar-refractivity contribution in [1.82, 2.24) is 0 Å². The third-order valence-corrected chi connectivity index (χ3v) is 2.79. The Bertz CT molecular complexity index is 296. The number of hydrogen-bond acceptors (Lipinski definition) is 1. The predicted molar refractivity (Wildman–Crippen MR) is 60.9 cm³/mol. The van der Waals surface area contributed by atoms with E-state index in [-0.39, 0.29) is 12.5 Å². The number of aryl methyl sites for hydroxylation is 1. The first-order valence-electron chi connectivity index (χ1n) is 5.08. The quantitative estimate of drug-likeness (QED) is 0.811. The molecule has 0 aliphatic carbocycles. The van der Waals surface area contributed by atoms with Crippen LogP contribution in [0.3, 0.4) is 0 Å². The molecule has 0 saturated heterocycles. The zero-order valence-corrected chi connectivity index (χ0v) is 9.51. The van der Waals surface area contributed by atoms with Crippen molar-refractivity contribution in [2.24, 2.45) is 0 Å². The maximum Gasteiger partial charge on any atom is 0.0497 e. The highest BCUT2D eigenvalue weighted by Gasteiger charge is 2.06. The van der Waals surface area contributed by atoms with Crippen LogP contribution in [0, 0.1) is 0 Å². The fourth-order valence-electron chi connectivity index (χ4n) is 1.45. The van der Waals surface area contributed by atoms with E-state index in [1.165, 1.54) is 5.56 Å². The van der Waals surface area contributed by atoms with Gasteiger partial charge in [0.2, 0.25) is 0 Å². The molecule has 1 aromatic carbocycles. The maximum atomic E-state index is 9.01.